The van der Waals surface area contributed by atoms with Gasteiger partial charge in [-0.05, 0) is 12.1 Å². The monoisotopic (exact) mass is 230 g/mol. The van der Waals surface area contributed by atoms with Crippen LogP contribution in [-0.2, 0) is 9.59 Å². The van der Waals surface area contributed by atoms with Gasteiger partial charge in [0.15, 0.2) is 12.6 Å². The lowest BCUT2D eigenvalue weighted by atomic mass is 10.2. The van der Waals surface area contributed by atoms with Gasteiger partial charge >= 0.3 is 0 Å². The van der Waals surface area contributed by atoms with E-state index in [1.807, 2.05) is 12.1 Å². The molecule has 1 saturated heterocycles. The van der Waals surface area contributed by atoms with Gasteiger partial charge in [-0.2, -0.15) is 5.26 Å². The molecule has 17 heavy (non-hydrogen) atoms. The lowest BCUT2D eigenvalue weighted by Gasteiger charge is -2.13. The summed E-state index contributed by atoms with van der Waals surface area (Å²) in [6, 6.07) is 10.3. The average Bonchev–Trinajstić information content (AvgIpc) is 2.63. The number of hydrogen-bond acceptors (Lipinski definition) is 3. The van der Waals surface area contributed by atoms with Crippen molar-refractivity contribution in [3.8, 4) is 6.07 Å². The number of imide groups is 1. The first-order chi connectivity index (χ1) is 8.24. The van der Waals surface area contributed by atoms with Crippen LogP contribution in [0.25, 0.3) is 0 Å². The van der Waals surface area contributed by atoms with Gasteiger partial charge in [0.05, 0.1) is 12.1 Å². The van der Waals surface area contributed by atoms with E-state index in [1.165, 1.54) is 4.90 Å². The van der Waals surface area contributed by atoms with E-state index >= 15 is 0 Å². The number of amides is 2. The third-order valence-electron chi connectivity index (χ3n) is 2.69. The molecule has 0 aromatic heterocycles. The summed E-state index contributed by atoms with van der Waals surface area (Å²) in [5.41, 5.74) is 0.593. The maximum Gasteiger partial charge on any atom is 0.292 e. The fourth-order valence-electron chi connectivity index (χ4n) is 1.88. The third-order valence-corrected chi connectivity index (χ3v) is 2.69. The molecule has 1 aromatic rings. The Labute approximate surface area is 98.6 Å². The van der Waals surface area contributed by atoms with Crippen molar-refractivity contribution >= 4 is 17.5 Å². The SMILES string of the molecule is N#CC[NH2+][C@H]1CC(=O)N(c2ccccc2)C1=O. The summed E-state index contributed by atoms with van der Waals surface area (Å²) in [5, 5.41) is 10.1. The van der Waals surface area contributed by atoms with Crippen LogP contribution in [0.1, 0.15) is 6.42 Å². The molecule has 5 nitrogen and oxygen atoms in total. The molecule has 2 N–H and O–H groups in total. The first-order valence-corrected chi connectivity index (χ1v) is 5.36. The van der Waals surface area contributed by atoms with Crippen molar-refractivity contribution in [2.75, 3.05) is 11.4 Å². The number of quaternary nitrogens is 1. The van der Waals surface area contributed by atoms with Crippen molar-refractivity contribution in [1.82, 2.24) is 0 Å². The molecule has 1 atom stereocenters. The van der Waals surface area contributed by atoms with Crippen LogP contribution >= 0.6 is 0 Å². The highest BCUT2D eigenvalue weighted by Crippen LogP contribution is 2.20. The molecule has 0 saturated carbocycles. The molecule has 0 radical (unpaired) electrons. The van der Waals surface area contributed by atoms with E-state index in [1.54, 1.807) is 29.6 Å². The first kappa shape index (κ1) is 11.3. The molecular formula is C12H12N3O2+. The van der Waals surface area contributed by atoms with Crippen LogP contribution in [0.15, 0.2) is 30.3 Å². The quantitative estimate of drug-likeness (QED) is 0.556. The standard InChI is InChI=1S/C12H11N3O2/c13-6-7-14-10-8-11(16)15(12(10)17)9-4-2-1-3-5-9/h1-5,10,14H,7-8H2/p+1/t10-/m0/s1. The molecule has 0 bridgehead atoms. The van der Waals surface area contributed by atoms with Gasteiger partial charge in [0.25, 0.3) is 5.91 Å². The van der Waals surface area contributed by atoms with Crippen molar-refractivity contribution in [1.29, 1.82) is 5.26 Å². The molecule has 1 heterocycles. The number of benzene rings is 1. The smallest absolute Gasteiger partial charge is 0.292 e. The minimum Gasteiger partial charge on any atom is -0.324 e. The van der Waals surface area contributed by atoms with Gasteiger partial charge in [-0.15, -0.1) is 0 Å². The molecular weight excluding hydrogens is 218 g/mol. The van der Waals surface area contributed by atoms with Crippen LogP contribution in [0.2, 0.25) is 0 Å². The lowest BCUT2D eigenvalue weighted by Crippen LogP contribution is -2.91. The summed E-state index contributed by atoms with van der Waals surface area (Å²) in [5.74, 6) is -0.447. The zero-order valence-corrected chi connectivity index (χ0v) is 9.17. The predicted octanol–water partition coefficient (Wildman–Crippen LogP) is -0.595. The van der Waals surface area contributed by atoms with Crippen molar-refractivity contribution < 1.29 is 14.9 Å². The second-order valence-electron chi connectivity index (χ2n) is 3.81. The first-order valence-electron chi connectivity index (χ1n) is 5.36. The average molecular weight is 230 g/mol. The number of nitrogens with zero attached hydrogens (tertiary/aromatic N) is 2. The molecule has 1 aliphatic heterocycles. The maximum absolute atomic E-state index is 12.0. The Bertz CT molecular complexity index is 478. The summed E-state index contributed by atoms with van der Waals surface area (Å²) < 4.78 is 0. The van der Waals surface area contributed by atoms with Gasteiger partial charge < -0.3 is 5.32 Å². The van der Waals surface area contributed by atoms with Gasteiger partial charge in [-0.3, -0.25) is 9.59 Å². The Morgan fingerprint density at radius 3 is 2.71 bits per heavy atom. The van der Waals surface area contributed by atoms with E-state index in [4.69, 9.17) is 5.26 Å². The molecule has 1 aromatic carbocycles. The minimum atomic E-state index is -0.456. The number of hydrogen-bond donors (Lipinski definition) is 1. The topological polar surface area (TPSA) is 77.8 Å². The van der Waals surface area contributed by atoms with Crippen molar-refractivity contribution in [3.63, 3.8) is 0 Å². The molecule has 1 fully saturated rings. The number of para-hydroxylation sites is 1. The highest BCUT2D eigenvalue weighted by molar-refractivity contribution is 6.21. The van der Waals surface area contributed by atoms with E-state index in [0.717, 1.165) is 0 Å². The summed E-state index contributed by atoms with van der Waals surface area (Å²) in [7, 11) is 0. The Morgan fingerprint density at radius 1 is 1.35 bits per heavy atom. The largest absolute Gasteiger partial charge is 0.324 e. The van der Waals surface area contributed by atoms with Gasteiger partial charge in [-0.1, -0.05) is 18.2 Å². The Hall–Kier alpha value is -2.19. The van der Waals surface area contributed by atoms with Crippen LogP contribution in [0, 0.1) is 11.3 Å². The summed E-state index contributed by atoms with van der Waals surface area (Å²) in [4.78, 5) is 24.9. The molecule has 86 valence electrons. The third kappa shape index (κ3) is 2.17. The number of nitrogens with two attached hydrogens (primary N) is 1. The van der Waals surface area contributed by atoms with Crippen LogP contribution in [0.3, 0.4) is 0 Å². The van der Waals surface area contributed by atoms with Crippen LogP contribution in [0.4, 0.5) is 5.69 Å². The molecule has 0 aliphatic carbocycles. The summed E-state index contributed by atoms with van der Waals surface area (Å²) in [6.45, 7) is 0.187. The Morgan fingerprint density at radius 2 is 2.06 bits per heavy atom. The highest BCUT2D eigenvalue weighted by Gasteiger charge is 2.41. The second kappa shape index (κ2) is 4.76. The van der Waals surface area contributed by atoms with Crippen molar-refractivity contribution in [2.45, 2.75) is 12.5 Å². The van der Waals surface area contributed by atoms with Gasteiger partial charge in [0.1, 0.15) is 6.07 Å². The fraction of sp³-hybridized carbons (Fsp3) is 0.250. The van der Waals surface area contributed by atoms with Gasteiger partial charge in [-0.25, -0.2) is 4.90 Å². The molecule has 0 unspecified atom stereocenters. The minimum absolute atomic E-state index is 0.162. The normalized spacial score (nSPS) is 19.5. The number of carbonyl (C=O) groups is 2. The highest BCUT2D eigenvalue weighted by atomic mass is 16.2. The molecule has 0 spiro atoms. The van der Waals surface area contributed by atoms with E-state index in [-0.39, 0.29) is 24.8 Å². The molecule has 2 rings (SSSR count). The molecule has 5 heteroatoms. The maximum atomic E-state index is 12.0. The molecule has 2 amide bonds. The van der Waals surface area contributed by atoms with Crippen LogP contribution in [0.5, 0.6) is 0 Å². The van der Waals surface area contributed by atoms with E-state index < -0.39 is 6.04 Å². The van der Waals surface area contributed by atoms with Gasteiger partial charge in [0.2, 0.25) is 5.91 Å². The van der Waals surface area contributed by atoms with E-state index in [9.17, 15) is 9.59 Å². The second-order valence-corrected chi connectivity index (χ2v) is 3.81. The van der Waals surface area contributed by atoms with Crippen molar-refractivity contribution in [2.24, 2.45) is 0 Å². The number of rotatable bonds is 3. The number of anilines is 1. The van der Waals surface area contributed by atoms with Gasteiger partial charge in [0, 0.05) is 0 Å². The predicted molar refractivity (Wildman–Crippen MR) is 59.7 cm³/mol. The molecule has 1 aliphatic rings. The van der Waals surface area contributed by atoms with Crippen molar-refractivity contribution in [3.05, 3.63) is 30.3 Å². The van der Waals surface area contributed by atoms with E-state index in [2.05, 4.69) is 0 Å². The number of nitriles is 1. The fourth-order valence-corrected chi connectivity index (χ4v) is 1.88. The Kier molecular flexibility index (Phi) is 3.17. The lowest BCUT2D eigenvalue weighted by molar-refractivity contribution is -0.664. The Balaban J connectivity index is 2.18. The summed E-state index contributed by atoms with van der Waals surface area (Å²) in [6.07, 6.45) is 0.162. The van der Waals surface area contributed by atoms with E-state index in [0.29, 0.717) is 5.69 Å². The van der Waals surface area contributed by atoms with Crippen LogP contribution in [-0.4, -0.2) is 24.4 Å². The zero-order chi connectivity index (χ0) is 12.3. The van der Waals surface area contributed by atoms with Crippen LogP contribution < -0.4 is 10.2 Å². The summed E-state index contributed by atoms with van der Waals surface area (Å²) >= 11 is 0. The number of carbonyl (C=O) groups excluding carboxylic acids is 2. The zero-order valence-electron chi connectivity index (χ0n) is 9.17.